The first-order valence-electron chi connectivity index (χ1n) is 4.64. The molecule has 1 aromatic rings. The van der Waals surface area contributed by atoms with Crippen molar-refractivity contribution in [2.24, 2.45) is 0 Å². The van der Waals surface area contributed by atoms with Gasteiger partial charge in [-0.1, -0.05) is 6.92 Å². The SMILES string of the molecule is CCC1c2[nH]oc(=O)c2CCN1C. The van der Waals surface area contributed by atoms with E-state index in [4.69, 9.17) is 4.52 Å². The molecule has 4 nitrogen and oxygen atoms in total. The predicted octanol–water partition coefficient (Wildman–Crippen LogP) is 0.907. The van der Waals surface area contributed by atoms with Crippen molar-refractivity contribution in [3.63, 3.8) is 0 Å². The van der Waals surface area contributed by atoms with Crippen LogP contribution in [0.4, 0.5) is 0 Å². The first-order chi connectivity index (χ1) is 6.24. The van der Waals surface area contributed by atoms with Gasteiger partial charge in [0, 0.05) is 6.54 Å². The summed E-state index contributed by atoms with van der Waals surface area (Å²) in [4.78, 5) is 13.5. The van der Waals surface area contributed by atoms with E-state index in [1.807, 2.05) is 0 Å². The van der Waals surface area contributed by atoms with E-state index in [1.165, 1.54) is 0 Å². The second-order valence-electron chi connectivity index (χ2n) is 3.54. The smallest absolute Gasteiger partial charge is 0.338 e. The van der Waals surface area contributed by atoms with Crippen molar-refractivity contribution in [2.45, 2.75) is 25.8 Å². The molecule has 0 aromatic carbocycles. The quantitative estimate of drug-likeness (QED) is 0.702. The molecule has 0 radical (unpaired) electrons. The van der Waals surface area contributed by atoms with E-state index in [1.54, 1.807) is 0 Å². The van der Waals surface area contributed by atoms with Crippen LogP contribution < -0.4 is 5.63 Å². The lowest BCUT2D eigenvalue weighted by Crippen LogP contribution is -2.33. The minimum absolute atomic E-state index is 0.193. The zero-order valence-electron chi connectivity index (χ0n) is 7.96. The molecule has 1 aliphatic heterocycles. The number of fused-ring (bicyclic) bond motifs is 1. The second-order valence-corrected chi connectivity index (χ2v) is 3.54. The number of hydrogen-bond acceptors (Lipinski definition) is 3. The molecule has 1 atom stereocenters. The standard InChI is InChI=1S/C9H14N2O2/c1-3-7-8-6(4-5-11(7)2)9(12)13-10-8/h7,10H,3-5H2,1-2H3. The summed E-state index contributed by atoms with van der Waals surface area (Å²) in [5, 5.41) is 2.73. The molecule has 0 bridgehead atoms. The number of aromatic amines is 1. The first kappa shape index (κ1) is 8.56. The topological polar surface area (TPSA) is 49.2 Å². The molecule has 0 amide bonds. The maximum absolute atomic E-state index is 11.2. The largest absolute Gasteiger partial charge is 0.360 e. The van der Waals surface area contributed by atoms with Crippen molar-refractivity contribution < 1.29 is 4.52 Å². The highest BCUT2D eigenvalue weighted by Crippen LogP contribution is 2.27. The molecular weight excluding hydrogens is 168 g/mol. The number of H-pyrrole nitrogens is 1. The highest BCUT2D eigenvalue weighted by atomic mass is 16.5. The molecule has 1 N–H and O–H groups in total. The Bertz CT molecular complexity index is 353. The number of rotatable bonds is 1. The van der Waals surface area contributed by atoms with Crippen LogP contribution >= 0.6 is 0 Å². The van der Waals surface area contributed by atoms with Crippen molar-refractivity contribution in [3.05, 3.63) is 21.7 Å². The third kappa shape index (κ3) is 1.21. The third-order valence-corrected chi connectivity index (χ3v) is 2.79. The van der Waals surface area contributed by atoms with E-state index in [9.17, 15) is 4.79 Å². The monoisotopic (exact) mass is 182 g/mol. The molecule has 1 unspecified atom stereocenters. The van der Waals surface area contributed by atoms with Gasteiger partial charge in [-0.05, 0) is 19.9 Å². The van der Waals surface area contributed by atoms with E-state index in [-0.39, 0.29) is 5.63 Å². The summed E-state index contributed by atoms with van der Waals surface area (Å²) in [7, 11) is 2.07. The second kappa shape index (κ2) is 3.03. The first-order valence-corrected chi connectivity index (χ1v) is 4.64. The van der Waals surface area contributed by atoms with E-state index in [0.717, 1.165) is 30.6 Å². The molecule has 0 spiro atoms. The average molecular weight is 182 g/mol. The van der Waals surface area contributed by atoms with Gasteiger partial charge in [0.15, 0.2) is 0 Å². The van der Waals surface area contributed by atoms with Crippen molar-refractivity contribution in [3.8, 4) is 0 Å². The van der Waals surface area contributed by atoms with Crippen LogP contribution in [0.15, 0.2) is 9.32 Å². The zero-order chi connectivity index (χ0) is 9.42. The van der Waals surface area contributed by atoms with Gasteiger partial charge in [-0.15, -0.1) is 0 Å². The Balaban J connectivity index is 2.46. The number of hydrogen-bond donors (Lipinski definition) is 1. The molecule has 4 heteroatoms. The number of aromatic nitrogens is 1. The van der Waals surface area contributed by atoms with E-state index in [0.29, 0.717) is 6.04 Å². The molecule has 1 aromatic heterocycles. The molecule has 0 saturated carbocycles. The molecule has 0 aliphatic carbocycles. The van der Waals surface area contributed by atoms with Gasteiger partial charge in [-0.25, -0.2) is 9.95 Å². The summed E-state index contributed by atoms with van der Waals surface area (Å²) in [6, 6.07) is 0.315. The Hall–Kier alpha value is -1.03. The van der Waals surface area contributed by atoms with Crippen molar-refractivity contribution in [1.29, 1.82) is 0 Å². The van der Waals surface area contributed by atoms with Gasteiger partial charge in [0.2, 0.25) is 0 Å². The Morgan fingerprint density at radius 1 is 1.69 bits per heavy atom. The minimum Gasteiger partial charge on any atom is -0.338 e. The lowest BCUT2D eigenvalue weighted by Gasteiger charge is -2.30. The highest BCUT2D eigenvalue weighted by molar-refractivity contribution is 5.21. The lowest BCUT2D eigenvalue weighted by atomic mass is 9.99. The number of nitrogens with one attached hydrogen (secondary N) is 1. The van der Waals surface area contributed by atoms with Crippen LogP contribution in [0.2, 0.25) is 0 Å². The summed E-state index contributed by atoms with van der Waals surface area (Å²) < 4.78 is 4.79. The summed E-state index contributed by atoms with van der Waals surface area (Å²) in [5.41, 5.74) is 1.62. The van der Waals surface area contributed by atoms with E-state index < -0.39 is 0 Å². The molecule has 1 aliphatic rings. The van der Waals surface area contributed by atoms with Crippen LogP contribution in [0.3, 0.4) is 0 Å². The number of likely N-dealkylation sites (N-methyl/N-ethyl adjacent to an activating group) is 1. The normalized spacial score (nSPS) is 23.1. The molecule has 13 heavy (non-hydrogen) atoms. The Kier molecular flexibility index (Phi) is 2.00. The van der Waals surface area contributed by atoms with Crippen LogP contribution in [-0.2, 0) is 6.42 Å². The third-order valence-electron chi connectivity index (χ3n) is 2.79. The molecule has 0 saturated heterocycles. The van der Waals surface area contributed by atoms with Crippen LogP contribution in [-0.4, -0.2) is 23.6 Å². The maximum atomic E-state index is 11.2. The van der Waals surface area contributed by atoms with Gasteiger partial charge in [-0.3, -0.25) is 4.90 Å². The average Bonchev–Trinajstić information content (AvgIpc) is 2.48. The fraction of sp³-hybridized carbons (Fsp3) is 0.667. The van der Waals surface area contributed by atoms with Gasteiger partial charge in [0.05, 0.1) is 17.3 Å². The Morgan fingerprint density at radius 3 is 3.15 bits per heavy atom. The predicted molar refractivity (Wildman–Crippen MR) is 48.7 cm³/mol. The highest BCUT2D eigenvalue weighted by Gasteiger charge is 2.27. The van der Waals surface area contributed by atoms with Gasteiger partial charge < -0.3 is 4.52 Å². The van der Waals surface area contributed by atoms with Crippen LogP contribution in [0.25, 0.3) is 0 Å². The lowest BCUT2D eigenvalue weighted by molar-refractivity contribution is 0.216. The molecule has 72 valence electrons. The summed E-state index contributed by atoms with van der Waals surface area (Å²) in [5.74, 6) is 0. The zero-order valence-corrected chi connectivity index (χ0v) is 7.96. The van der Waals surface area contributed by atoms with Crippen LogP contribution in [0.5, 0.6) is 0 Å². The van der Waals surface area contributed by atoms with Crippen LogP contribution in [0.1, 0.15) is 30.6 Å². The van der Waals surface area contributed by atoms with Crippen molar-refractivity contribution in [1.82, 2.24) is 10.1 Å². The van der Waals surface area contributed by atoms with Crippen LogP contribution in [0, 0.1) is 0 Å². The fourth-order valence-corrected chi connectivity index (χ4v) is 2.02. The Labute approximate surface area is 76.5 Å². The van der Waals surface area contributed by atoms with Gasteiger partial charge >= 0.3 is 5.63 Å². The Morgan fingerprint density at radius 2 is 2.46 bits per heavy atom. The molecule has 0 fully saturated rings. The fourth-order valence-electron chi connectivity index (χ4n) is 2.02. The van der Waals surface area contributed by atoms with Crippen molar-refractivity contribution >= 4 is 0 Å². The summed E-state index contributed by atoms with van der Waals surface area (Å²) >= 11 is 0. The maximum Gasteiger partial charge on any atom is 0.360 e. The van der Waals surface area contributed by atoms with Gasteiger partial charge in [0.25, 0.3) is 0 Å². The summed E-state index contributed by atoms with van der Waals surface area (Å²) in [6.07, 6.45) is 1.80. The van der Waals surface area contributed by atoms with E-state index in [2.05, 4.69) is 24.0 Å². The van der Waals surface area contributed by atoms with Crippen molar-refractivity contribution in [2.75, 3.05) is 13.6 Å². The molecule has 2 rings (SSSR count). The molecular formula is C9H14N2O2. The van der Waals surface area contributed by atoms with E-state index >= 15 is 0 Å². The van der Waals surface area contributed by atoms with Gasteiger partial charge in [0.1, 0.15) is 0 Å². The minimum atomic E-state index is -0.193. The number of nitrogens with zero attached hydrogens (tertiary/aromatic N) is 1. The summed E-state index contributed by atoms with van der Waals surface area (Å²) in [6.45, 7) is 3.05. The van der Waals surface area contributed by atoms with Gasteiger partial charge in [-0.2, -0.15) is 0 Å². The molecule has 2 heterocycles.